The van der Waals surface area contributed by atoms with Crippen LogP contribution in [0.25, 0.3) is 0 Å². The number of carboxylic acids is 1. The quantitative estimate of drug-likeness (QED) is 0.0748. The molecule has 0 aliphatic heterocycles. The van der Waals surface area contributed by atoms with Crippen LogP contribution in [0.4, 0.5) is 0 Å². The number of halogens is 4. The monoisotopic (exact) mass is 858 g/mol. The lowest BCUT2D eigenvalue weighted by Crippen LogP contribution is -2.15. The fourth-order valence-electron chi connectivity index (χ4n) is 5.29. The molecule has 0 fully saturated rings. The second-order valence-electron chi connectivity index (χ2n) is 12.3. The molecule has 6 rings (SSSR count). The Morgan fingerprint density at radius 1 is 0.431 bits per heavy atom. The summed E-state index contributed by atoms with van der Waals surface area (Å²) in [7, 11) is 0. The van der Waals surface area contributed by atoms with E-state index < -0.39 is 23.3 Å². The van der Waals surface area contributed by atoms with Gasteiger partial charge in [0, 0.05) is 49.3 Å². The molecule has 0 aliphatic carbocycles. The third kappa shape index (κ3) is 11.6. The maximum absolute atomic E-state index is 12.4. The summed E-state index contributed by atoms with van der Waals surface area (Å²) in [6.07, 6.45) is 0. The van der Waals surface area contributed by atoms with Gasteiger partial charge in [-0.3, -0.25) is 14.4 Å². The van der Waals surface area contributed by atoms with Crippen LogP contribution in [0.3, 0.4) is 0 Å². The molecule has 0 atom stereocenters. The third-order valence-electron chi connectivity index (χ3n) is 8.30. The summed E-state index contributed by atoms with van der Waals surface area (Å²) in [5.41, 5.74) is 2.98. The highest BCUT2D eigenvalue weighted by Crippen LogP contribution is 2.36. The molecule has 9 nitrogen and oxygen atoms in total. The van der Waals surface area contributed by atoms with Crippen LogP contribution in [0, 0.1) is 0 Å². The third-order valence-corrected chi connectivity index (χ3v) is 9.78. The maximum Gasteiger partial charge on any atom is 0.377 e. The molecule has 0 saturated heterocycles. The van der Waals surface area contributed by atoms with E-state index >= 15 is 0 Å². The van der Waals surface area contributed by atoms with Crippen molar-refractivity contribution in [2.45, 2.75) is 33.4 Å². The second kappa shape index (κ2) is 21.1. The van der Waals surface area contributed by atoms with Crippen LogP contribution >= 0.6 is 46.4 Å². The van der Waals surface area contributed by atoms with E-state index in [1.165, 1.54) is 25.1 Å². The van der Waals surface area contributed by atoms with Gasteiger partial charge in [-0.15, -0.1) is 0 Å². The first-order valence-electron chi connectivity index (χ1n) is 17.5. The normalized spacial score (nSPS) is 10.4. The predicted octanol–water partition coefficient (Wildman–Crippen LogP) is 11.3. The summed E-state index contributed by atoms with van der Waals surface area (Å²) in [6, 6.07) is 38.1. The zero-order chi connectivity index (χ0) is 41.6. The lowest BCUT2D eigenvalue weighted by molar-refractivity contribution is -0.131. The average molecular weight is 861 g/mol. The number of carboxylic acid groups (broad SMARTS) is 1. The molecule has 0 aliphatic rings. The van der Waals surface area contributed by atoms with E-state index in [9.17, 15) is 19.2 Å². The van der Waals surface area contributed by atoms with E-state index in [4.69, 9.17) is 70.5 Å². The molecule has 0 heterocycles. The van der Waals surface area contributed by atoms with Gasteiger partial charge in [-0.1, -0.05) is 131 Å². The molecule has 13 heteroatoms. The van der Waals surface area contributed by atoms with Crippen molar-refractivity contribution in [3.8, 4) is 23.0 Å². The van der Waals surface area contributed by atoms with Crippen LogP contribution in [-0.4, -0.2) is 28.4 Å². The number of benzene rings is 6. The van der Waals surface area contributed by atoms with Gasteiger partial charge in [0.05, 0.1) is 11.1 Å². The molecule has 1 N–H and O–H groups in total. The van der Waals surface area contributed by atoms with Gasteiger partial charge in [0.15, 0.2) is 28.8 Å². The molecule has 296 valence electrons. The Kier molecular flexibility index (Phi) is 15.7. The van der Waals surface area contributed by atoms with Crippen molar-refractivity contribution in [2.75, 3.05) is 0 Å². The Morgan fingerprint density at radius 2 is 0.741 bits per heavy atom. The number of ketones is 3. The van der Waals surface area contributed by atoms with Crippen molar-refractivity contribution in [1.29, 1.82) is 0 Å². The summed E-state index contributed by atoms with van der Waals surface area (Å²) >= 11 is 24.7. The molecule has 6 aromatic carbocycles. The van der Waals surface area contributed by atoms with Gasteiger partial charge in [0.25, 0.3) is 5.78 Å². The topological polar surface area (TPSA) is 125 Å². The Hall–Kier alpha value is -5.84. The van der Waals surface area contributed by atoms with Gasteiger partial charge in [0.2, 0.25) is 5.78 Å². The first-order valence-corrected chi connectivity index (χ1v) is 19.0. The van der Waals surface area contributed by atoms with E-state index in [1.807, 2.05) is 42.5 Å². The fraction of sp³-hybridized carbons (Fsp3) is 0.111. The zero-order valence-corrected chi connectivity index (χ0v) is 33.8. The molecule has 0 aromatic heterocycles. The minimum Gasteiger partial charge on any atom is -0.485 e. The van der Waals surface area contributed by atoms with E-state index in [2.05, 4.69) is 0 Å². The van der Waals surface area contributed by atoms with Crippen molar-refractivity contribution >= 4 is 69.7 Å². The summed E-state index contributed by atoms with van der Waals surface area (Å²) in [5.74, 6) is -3.13. The Morgan fingerprint density at radius 3 is 1.05 bits per heavy atom. The SMILES string of the molecule is CC(=O)C(=O)c1cccc(OCc2ccccc2Cl)c1OCc1ccccc1Cl.O=C(O)C(=O)c1cccc(OCc2ccccc2Cl)c1OCc1ccccc1Cl. The van der Waals surface area contributed by atoms with E-state index in [1.54, 1.807) is 72.8 Å². The smallest absolute Gasteiger partial charge is 0.377 e. The number of hydrogen-bond donors (Lipinski definition) is 1. The molecule has 0 spiro atoms. The summed E-state index contributed by atoms with van der Waals surface area (Å²) in [4.78, 5) is 47.4. The Labute approximate surface area is 354 Å². The summed E-state index contributed by atoms with van der Waals surface area (Å²) in [6.45, 7) is 1.67. The lowest BCUT2D eigenvalue weighted by Gasteiger charge is -2.16. The number of carbonyl (C=O) groups excluding carboxylic acids is 3. The molecule has 6 aromatic rings. The molecule has 0 radical (unpaired) electrons. The number of rotatable bonds is 16. The number of para-hydroxylation sites is 2. The highest BCUT2D eigenvalue weighted by Gasteiger charge is 2.24. The summed E-state index contributed by atoms with van der Waals surface area (Å²) < 4.78 is 23.4. The molecular weight excluding hydrogens is 826 g/mol. The average Bonchev–Trinajstić information content (AvgIpc) is 3.22. The lowest BCUT2D eigenvalue weighted by atomic mass is 10.1. The van der Waals surface area contributed by atoms with Gasteiger partial charge in [-0.25, -0.2) is 4.79 Å². The van der Waals surface area contributed by atoms with Crippen LogP contribution in [0.15, 0.2) is 133 Å². The number of aliphatic carboxylic acids is 1. The van der Waals surface area contributed by atoms with Crippen LogP contribution < -0.4 is 18.9 Å². The molecule has 0 bridgehead atoms. The molecular formula is C45H34Cl4O9. The van der Waals surface area contributed by atoms with Gasteiger partial charge in [-0.2, -0.15) is 0 Å². The number of ether oxygens (including phenoxy) is 4. The Bertz CT molecular complexity index is 2260. The first-order chi connectivity index (χ1) is 27.9. The number of carbonyl (C=O) groups is 4. The van der Waals surface area contributed by atoms with E-state index in [0.29, 0.717) is 31.4 Å². The Balaban J connectivity index is 0.000000221. The largest absolute Gasteiger partial charge is 0.485 e. The van der Waals surface area contributed by atoms with Crippen molar-refractivity contribution in [2.24, 2.45) is 0 Å². The van der Waals surface area contributed by atoms with Crippen LogP contribution in [-0.2, 0) is 36.0 Å². The molecule has 0 unspecified atom stereocenters. The van der Waals surface area contributed by atoms with E-state index in [0.717, 1.165) is 16.7 Å². The minimum atomic E-state index is -1.59. The number of Topliss-reactive ketones (excluding diaryl/α,β-unsaturated/α-hetero) is 3. The minimum absolute atomic E-state index is 0.0338. The second-order valence-corrected chi connectivity index (χ2v) is 13.9. The first kappa shape index (κ1) is 43.3. The van der Waals surface area contributed by atoms with Gasteiger partial charge in [0.1, 0.15) is 26.4 Å². The predicted molar refractivity (Wildman–Crippen MR) is 223 cm³/mol. The maximum atomic E-state index is 12.4. The van der Waals surface area contributed by atoms with Crippen LogP contribution in [0.5, 0.6) is 23.0 Å². The van der Waals surface area contributed by atoms with Crippen molar-refractivity contribution in [3.05, 3.63) is 187 Å². The van der Waals surface area contributed by atoms with Gasteiger partial charge >= 0.3 is 5.97 Å². The summed E-state index contributed by atoms with van der Waals surface area (Å²) in [5, 5.41) is 11.3. The van der Waals surface area contributed by atoms with Crippen molar-refractivity contribution < 1.29 is 43.2 Å². The standard InChI is InChI=1S/C23H18Cl2O4.C22H16Cl2O5/c1-15(26)22(27)18-9-6-12-21(28-13-16-7-2-4-10-19(16)24)23(18)29-14-17-8-3-5-11-20(17)25;23-17-9-3-1-6-14(17)12-28-19-11-5-8-16(20(25)22(26)27)21(19)29-13-15-7-2-4-10-18(15)24/h2-12H,13-14H2,1H3;1-11H,12-13H2,(H,26,27). The van der Waals surface area contributed by atoms with E-state index in [-0.39, 0.29) is 54.8 Å². The van der Waals surface area contributed by atoms with Crippen molar-refractivity contribution in [3.63, 3.8) is 0 Å². The highest BCUT2D eigenvalue weighted by atomic mass is 35.5. The van der Waals surface area contributed by atoms with Crippen LogP contribution in [0.1, 0.15) is 49.9 Å². The zero-order valence-electron chi connectivity index (χ0n) is 30.8. The molecule has 58 heavy (non-hydrogen) atoms. The fourth-order valence-corrected chi connectivity index (χ4v) is 6.05. The molecule has 0 amide bonds. The highest BCUT2D eigenvalue weighted by molar-refractivity contribution is 6.43. The van der Waals surface area contributed by atoms with Crippen molar-refractivity contribution in [1.82, 2.24) is 0 Å². The number of hydrogen-bond acceptors (Lipinski definition) is 8. The van der Waals surface area contributed by atoms with Gasteiger partial charge in [-0.05, 0) is 48.5 Å². The molecule has 0 saturated carbocycles. The van der Waals surface area contributed by atoms with Gasteiger partial charge < -0.3 is 24.1 Å². The van der Waals surface area contributed by atoms with Crippen LogP contribution in [0.2, 0.25) is 20.1 Å².